The van der Waals surface area contributed by atoms with Crippen molar-refractivity contribution in [1.82, 2.24) is 15.0 Å². The summed E-state index contributed by atoms with van der Waals surface area (Å²) >= 11 is 0. The molecule has 0 spiro atoms. The number of rotatable bonds is 4. The molecule has 0 atom stereocenters. The van der Waals surface area contributed by atoms with Crippen LogP contribution in [0.4, 0.5) is 5.69 Å². The smallest absolute Gasteiger partial charge is 0.150 e. The van der Waals surface area contributed by atoms with Crippen LogP contribution in [0.15, 0.2) is 29.0 Å². The minimum Gasteiger partial charge on any atom is -0.392 e. The van der Waals surface area contributed by atoms with Gasteiger partial charge >= 0.3 is 0 Å². The Hall–Kier alpha value is -1.92. The molecule has 6 nitrogen and oxygen atoms in total. The SMILES string of the molecule is Cc1cc(CN2CCN(c3ccncc3CO)CC2)on1. The van der Waals surface area contributed by atoms with Gasteiger partial charge < -0.3 is 14.5 Å². The van der Waals surface area contributed by atoms with E-state index in [1.54, 1.807) is 12.4 Å². The van der Waals surface area contributed by atoms with Crippen molar-refractivity contribution < 1.29 is 9.63 Å². The number of hydrogen-bond acceptors (Lipinski definition) is 6. The minimum atomic E-state index is 0.0285. The van der Waals surface area contributed by atoms with Crippen molar-refractivity contribution in [2.45, 2.75) is 20.1 Å². The van der Waals surface area contributed by atoms with Crippen molar-refractivity contribution >= 4 is 5.69 Å². The number of aryl methyl sites for hydroxylation is 1. The molecule has 0 aliphatic carbocycles. The van der Waals surface area contributed by atoms with E-state index >= 15 is 0 Å². The fraction of sp³-hybridized carbons (Fsp3) is 0.467. The molecule has 0 unspecified atom stereocenters. The zero-order chi connectivity index (χ0) is 14.7. The van der Waals surface area contributed by atoms with E-state index in [4.69, 9.17) is 4.52 Å². The molecule has 0 amide bonds. The van der Waals surface area contributed by atoms with Crippen LogP contribution in [0.5, 0.6) is 0 Å². The standard InChI is InChI=1S/C15H20N4O2/c1-12-8-14(21-17-12)10-18-4-6-19(7-5-18)15-2-3-16-9-13(15)11-20/h2-3,8-9,20H,4-7,10-11H2,1H3. The summed E-state index contributed by atoms with van der Waals surface area (Å²) in [5.74, 6) is 0.918. The van der Waals surface area contributed by atoms with Gasteiger partial charge in [-0.15, -0.1) is 0 Å². The van der Waals surface area contributed by atoms with Gasteiger partial charge in [-0.3, -0.25) is 9.88 Å². The topological polar surface area (TPSA) is 65.6 Å². The zero-order valence-electron chi connectivity index (χ0n) is 12.2. The Balaban J connectivity index is 1.60. The predicted molar refractivity (Wildman–Crippen MR) is 78.9 cm³/mol. The molecule has 1 fully saturated rings. The normalized spacial score (nSPS) is 16.4. The van der Waals surface area contributed by atoms with Crippen LogP contribution in [-0.2, 0) is 13.2 Å². The van der Waals surface area contributed by atoms with Crippen LogP contribution in [0.25, 0.3) is 0 Å². The van der Waals surface area contributed by atoms with Crippen molar-refractivity contribution in [3.8, 4) is 0 Å². The highest BCUT2D eigenvalue weighted by Crippen LogP contribution is 2.21. The largest absolute Gasteiger partial charge is 0.392 e. The molecule has 0 bridgehead atoms. The number of aliphatic hydroxyl groups is 1. The number of nitrogens with zero attached hydrogens (tertiary/aromatic N) is 4. The van der Waals surface area contributed by atoms with Crippen molar-refractivity contribution in [2.24, 2.45) is 0 Å². The second kappa shape index (κ2) is 6.24. The first-order valence-electron chi connectivity index (χ1n) is 7.19. The Labute approximate surface area is 124 Å². The second-order valence-electron chi connectivity index (χ2n) is 5.36. The lowest BCUT2D eigenvalue weighted by Gasteiger charge is -2.36. The number of pyridine rings is 1. The summed E-state index contributed by atoms with van der Waals surface area (Å²) in [4.78, 5) is 8.73. The first-order valence-corrected chi connectivity index (χ1v) is 7.19. The summed E-state index contributed by atoms with van der Waals surface area (Å²) in [6.07, 6.45) is 3.51. The van der Waals surface area contributed by atoms with Gasteiger partial charge in [-0.25, -0.2) is 0 Å². The maximum Gasteiger partial charge on any atom is 0.150 e. The molecule has 1 N–H and O–H groups in total. The lowest BCUT2D eigenvalue weighted by Crippen LogP contribution is -2.46. The van der Waals surface area contributed by atoms with Crippen molar-refractivity contribution in [2.75, 3.05) is 31.1 Å². The Bertz CT molecular complexity index is 591. The molecule has 3 heterocycles. The van der Waals surface area contributed by atoms with Crippen molar-refractivity contribution in [3.05, 3.63) is 41.5 Å². The van der Waals surface area contributed by atoms with Crippen LogP contribution in [0, 0.1) is 6.92 Å². The summed E-state index contributed by atoms with van der Waals surface area (Å²) in [5, 5.41) is 13.3. The van der Waals surface area contributed by atoms with Crippen LogP contribution in [0.2, 0.25) is 0 Å². The minimum absolute atomic E-state index is 0.0285. The van der Waals surface area contributed by atoms with E-state index in [1.807, 2.05) is 19.1 Å². The maximum atomic E-state index is 9.40. The van der Waals surface area contributed by atoms with Gasteiger partial charge in [0.05, 0.1) is 18.8 Å². The van der Waals surface area contributed by atoms with Crippen LogP contribution < -0.4 is 4.90 Å². The summed E-state index contributed by atoms with van der Waals surface area (Å²) in [7, 11) is 0. The van der Waals surface area contributed by atoms with Crippen molar-refractivity contribution in [1.29, 1.82) is 0 Å². The monoisotopic (exact) mass is 288 g/mol. The fourth-order valence-corrected chi connectivity index (χ4v) is 2.71. The molecular weight excluding hydrogens is 268 g/mol. The van der Waals surface area contributed by atoms with Crippen LogP contribution >= 0.6 is 0 Å². The van der Waals surface area contributed by atoms with Gasteiger partial charge in [0.2, 0.25) is 0 Å². The average molecular weight is 288 g/mol. The third kappa shape index (κ3) is 3.22. The van der Waals surface area contributed by atoms with Gasteiger partial charge in [0.25, 0.3) is 0 Å². The summed E-state index contributed by atoms with van der Waals surface area (Å²) in [6, 6.07) is 3.96. The highest BCUT2D eigenvalue weighted by molar-refractivity contribution is 5.52. The van der Waals surface area contributed by atoms with E-state index in [0.29, 0.717) is 0 Å². The Morgan fingerprint density at radius 2 is 2.10 bits per heavy atom. The number of aliphatic hydroxyl groups excluding tert-OH is 1. The van der Waals surface area contributed by atoms with Gasteiger partial charge in [-0.05, 0) is 13.0 Å². The number of hydrogen-bond donors (Lipinski definition) is 1. The van der Waals surface area contributed by atoms with Gasteiger partial charge in [0, 0.05) is 55.9 Å². The van der Waals surface area contributed by atoms with Gasteiger partial charge in [0.15, 0.2) is 5.76 Å². The van der Waals surface area contributed by atoms with E-state index in [9.17, 15) is 5.11 Å². The Kier molecular flexibility index (Phi) is 4.17. The lowest BCUT2D eigenvalue weighted by molar-refractivity contribution is 0.219. The number of piperazine rings is 1. The first-order chi connectivity index (χ1) is 10.3. The molecule has 1 aliphatic rings. The van der Waals surface area contributed by atoms with E-state index in [1.165, 1.54) is 0 Å². The van der Waals surface area contributed by atoms with E-state index < -0.39 is 0 Å². The Morgan fingerprint density at radius 1 is 1.29 bits per heavy atom. The van der Waals surface area contributed by atoms with Crippen LogP contribution in [0.1, 0.15) is 17.0 Å². The van der Waals surface area contributed by atoms with Crippen molar-refractivity contribution in [3.63, 3.8) is 0 Å². The van der Waals surface area contributed by atoms with Crippen LogP contribution in [0.3, 0.4) is 0 Å². The highest BCUT2D eigenvalue weighted by atomic mass is 16.5. The van der Waals surface area contributed by atoms with E-state index in [2.05, 4.69) is 19.9 Å². The molecule has 0 saturated carbocycles. The average Bonchev–Trinajstić information content (AvgIpc) is 2.93. The predicted octanol–water partition coefficient (Wildman–Crippen LogP) is 1.19. The number of anilines is 1. The van der Waals surface area contributed by atoms with E-state index in [0.717, 1.165) is 55.4 Å². The summed E-state index contributed by atoms with van der Waals surface area (Å²) < 4.78 is 5.27. The van der Waals surface area contributed by atoms with Gasteiger partial charge in [-0.1, -0.05) is 5.16 Å². The van der Waals surface area contributed by atoms with Gasteiger partial charge in [0.1, 0.15) is 0 Å². The summed E-state index contributed by atoms with van der Waals surface area (Å²) in [5.41, 5.74) is 2.90. The molecule has 1 saturated heterocycles. The van der Waals surface area contributed by atoms with Crippen LogP contribution in [-0.4, -0.2) is 46.3 Å². The molecular formula is C15H20N4O2. The molecule has 2 aromatic heterocycles. The quantitative estimate of drug-likeness (QED) is 0.911. The molecule has 1 aliphatic heterocycles. The van der Waals surface area contributed by atoms with Gasteiger partial charge in [-0.2, -0.15) is 0 Å². The number of aromatic nitrogens is 2. The third-order valence-corrected chi connectivity index (χ3v) is 3.82. The molecule has 0 radical (unpaired) electrons. The zero-order valence-corrected chi connectivity index (χ0v) is 12.2. The lowest BCUT2D eigenvalue weighted by atomic mass is 10.2. The maximum absolute atomic E-state index is 9.40. The molecule has 6 heteroatoms. The first kappa shape index (κ1) is 14.0. The third-order valence-electron chi connectivity index (χ3n) is 3.82. The second-order valence-corrected chi connectivity index (χ2v) is 5.36. The Morgan fingerprint density at radius 3 is 2.76 bits per heavy atom. The molecule has 0 aromatic carbocycles. The summed E-state index contributed by atoms with van der Waals surface area (Å²) in [6.45, 7) is 6.57. The molecule has 3 rings (SSSR count). The highest BCUT2D eigenvalue weighted by Gasteiger charge is 2.20. The fourth-order valence-electron chi connectivity index (χ4n) is 2.71. The molecule has 21 heavy (non-hydrogen) atoms. The molecule has 2 aromatic rings. The van der Waals surface area contributed by atoms with E-state index in [-0.39, 0.29) is 6.61 Å². The molecule has 112 valence electrons.